The van der Waals surface area contributed by atoms with E-state index in [1.54, 1.807) is 12.1 Å². The molecular weight excluding hydrogens is 929 g/mol. The SMILES string of the molecule is Fc1c(F)c(F)c([B-](c2c(F)c(F)c(F)c(F)c2F)(c2c(F)c(F)c(F)c(F)c2F)c2c(F)c(F)c(F)c(F)c2F)c(F)c1F.O=C(O)c1cccc2c1ccc[n+]2Cc1ccccc1. The lowest BCUT2D eigenvalue weighted by molar-refractivity contribution is -0.662. The monoisotopic (exact) mass is 943 g/mol. The molecule has 0 saturated heterocycles. The summed E-state index contributed by atoms with van der Waals surface area (Å²) < 4.78 is 296. The smallest absolute Gasteiger partial charge is 0.336 e. The number of nitrogens with zero attached hydrogens (tertiary/aromatic N) is 1. The van der Waals surface area contributed by atoms with Gasteiger partial charge in [-0.25, -0.2) is 92.6 Å². The number of carbonyl (C=O) groups is 1. The number of carboxylic acid groups (broad SMARTS) is 1. The third-order valence-corrected chi connectivity index (χ3v) is 10.1. The average Bonchev–Trinajstić information content (AvgIpc) is 3.29. The minimum atomic E-state index is -7.22. The molecule has 6 aromatic carbocycles. The first-order valence-corrected chi connectivity index (χ1v) is 17.4. The number of benzene rings is 6. The molecule has 1 N–H and O–H groups in total. The third-order valence-electron chi connectivity index (χ3n) is 10.1. The van der Waals surface area contributed by atoms with Crippen LogP contribution < -0.4 is 26.4 Å². The fourth-order valence-electron chi connectivity index (χ4n) is 7.28. The lowest BCUT2D eigenvalue weighted by atomic mass is 9.12. The van der Waals surface area contributed by atoms with Gasteiger partial charge >= 0.3 is 5.97 Å². The molecule has 0 atom stereocenters. The first-order chi connectivity index (χ1) is 30.5. The summed E-state index contributed by atoms with van der Waals surface area (Å²) in [5.74, 6) is -72.3. The zero-order chi connectivity index (χ0) is 48.3. The molecule has 338 valence electrons. The maximum absolute atomic E-state index is 15.4. The van der Waals surface area contributed by atoms with E-state index in [4.69, 9.17) is 0 Å². The maximum Gasteiger partial charge on any atom is 0.336 e. The summed E-state index contributed by atoms with van der Waals surface area (Å²) in [6.07, 6.45) is -5.24. The lowest BCUT2D eigenvalue weighted by Crippen LogP contribution is -2.81. The number of fused-ring (bicyclic) bond motifs is 1. The normalized spacial score (nSPS) is 11.6. The van der Waals surface area contributed by atoms with Crippen LogP contribution >= 0.6 is 0 Å². The van der Waals surface area contributed by atoms with Crippen molar-refractivity contribution in [1.29, 1.82) is 0 Å². The molecule has 65 heavy (non-hydrogen) atoms. The van der Waals surface area contributed by atoms with Crippen molar-refractivity contribution in [2.24, 2.45) is 0 Å². The first kappa shape index (κ1) is 47.3. The van der Waals surface area contributed by atoms with E-state index >= 15 is 35.1 Å². The quantitative estimate of drug-likeness (QED) is 0.0572. The molecule has 0 bridgehead atoms. The van der Waals surface area contributed by atoms with Gasteiger partial charge < -0.3 is 5.11 Å². The highest BCUT2D eigenvalue weighted by atomic mass is 19.2. The second-order valence-corrected chi connectivity index (χ2v) is 13.5. The van der Waals surface area contributed by atoms with Crippen LogP contribution in [-0.4, -0.2) is 17.2 Å². The Labute approximate surface area is 347 Å². The van der Waals surface area contributed by atoms with Crippen LogP contribution in [0, 0.1) is 116 Å². The number of hydrogen-bond donors (Lipinski definition) is 1. The van der Waals surface area contributed by atoms with E-state index in [2.05, 4.69) is 16.7 Å². The number of carboxylic acids is 1. The van der Waals surface area contributed by atoms with E-state index in [1.807, 2.05) is 42.6 Å². The molecule has 0 radical (unpaired) electrons. The third kappa shape index (κ3) is 7.33. The summed E-state index contributed by atoms with van der Waals surface area (Å²) in [5.41, 5.74) is -11.9. The molecule has 1 aromatic heterocycles. The number of aromatic carboxylic acids is 1. The van der Waals surface area contributed by atoms with E-state index in [0.717, 1.165) is 17.4 Å². The Hall–Kier alpha value is -7.14. The Kier molecular flexibility index (Phi) is 12.7. The zero-order valence-electron chi connectivity index (χ0n) is 31.0. The molecule has 1 heterocycles. The van der Waals surface area contributed by atoms with Gasteiger partial charge in [0.1, 0.15) is 52.7 Å². The molecule has 7 aromatic rings. The first-order valence-electron chi connectivity index (χ1n) is 17.4. The second-order valence-electron chi connectivity index (χ2n) is 13.5. The van der Waals surface area contributed by atoms with Crippen LogP contribution in [0.4, 0.5) is 87.8 Å². The Morgan fingerprint density at radius 2 is 0.692 bits per heavy atom. The highest BCUT2D eigenvalue weighted by Gasteiger charge is 2.52. The molecule has 0 saturated carbocycles. The van der Waals surface area contributed by atoms with E-state index in [0.29, 0.717) is 5.56 Å². The van der Waals surface area contributed by atoms with Gasteiger partial charge in [0, 0.05) is 17.7 Å². The summed E-state index contributed by atoms with van der Waals surface area (Å²) in [7, 11) is 0. The predicted molar refractivity (Wildman–Crippen MR) is 186 cm³/mol. The maximum atomic E-state index is 15.4. The van der Waals surface area contributed by atoms with Crippen molar-refractivity contribution < 1.29 is 102 Å². The molecule has 0 fully saturated rings. The number of halogens is 20. The Bertz CT molecular complexity index is 2730. The summed E-state index contributed by atoms with van der Waals surface area (Å²) in [5, 5.41) is 10.0. The van der Waals surface area contributed by atoms with Crippen molar-refractivity contribution in [3.8, 4) is 0 Å². The van der Waals surface area contributed by atoms with Gasteiger partial charge in [-0.3, -0.25) is 0 Å². The van der Waals surface area contributed by atoms with Gasteiger partial charge in [0.05, 0.1) is 10.9 Å². The van der Waals surface area contributed by atoms with E-state index < -0.39 is 150 Å². The van der Waals surface area contributed by atoms with Gasteiger partial charge in [-0.2, -0.15) is 4.57 Å². The molecular formula is C41H14BF20NO2. The van der Waals surface area contributed by atoms with Crippen LogP contribution in [0.2, 0.25) is 0 Å². The molecule has 0 aliphatic heterocycles. The number of pyridine rings is 1. The fourth-order valence-corrected chi connectivity index (χ4v) is 7.28. The standard InChI is InChI=1S/C24BF20.C17H13NO2/c26-5-1(6(27)14(35)21(42)13(5)34)25(2-7(28)15(36)22(43)16(37)8(2)29,3-9(30)17(38)23(44)18(39)10(3)31)4-11(32)19(40)24(45)20(41)12(4)33;19-17(20)15-8-4-10-16-14(15)9-5-11-18(16)12-13-6-2-1-3-7-13/h;1-11H,12H2/q-1;/p+1. The van der Waals surface area contributed by atoms with Crippen LogP contribution in [-0.2, 0) is 6.54 Å². The number of aromatic nitrogens is 1. The summed E-state index contributed by atoms with van der Waals surface area (Å²) in [4.78, 5) is 11.3. The van der Waals surface area contributed by atoms with Gasteiger partial charge in [0.15, 0.2) is 82.5 Å². The Morgan fingerprint density at radius 3 is 1.00 bits per heavy atom. The Balaban J connectivity index is 0.000000289. The van der Waals surface area contributed by atoms with Crippen LogP contribution in [0.15, 0.2) is 66.9 Å². The van der Waals surface area contributed by atoms with Crippen LogP contribution in [0.25, 0.3) is 10.9 Å². The minimum Gasteiger partial charge on any atom is -0.478 e. The van der Waals surface area contributed by atoms with Crippen molar-refractivity contribution >= 4 is 44.9 Å². The number of rotatable bonds is 7. The van der Waals surface area contributed by atoms with E-state index in [-0.39, 0.29) is 0 Å². The molecule has 0 unspecified atom stereocenters. The largest absolute Gasteiger partial charge is 0.478 e. The van der Waals surface area contributed by atoms with Gasteiger partial charge in [-0.15, -0.1) is 21.9 Å². The van der Waals surface area contributed by atoms with Crippen molar-refractivity contribution in [3.63, 3.8) is 0 Å². The van der Waals surface area contributed by atoms with Crippen LogP contribution in [0.5, 0.6) is 0 Å². The summed E-state index contributed by atoms with van der Waals surface area (Å²) in [6.45, 7) is 0.723. The number of hydrogen-bond acceptors (Lipinski definition) is 1. The molecule has 3 nitrogen and oxygen atoms in total. The fraction of sp³-hybridized carbons (Fsp3) is 0.0244. The molecule has 0 spiro atoms. The molecule has 24 heteroatoms. The van der Waals surface area contributed by atoms with Gasteiger partial charge in [0.2, 0.25) is 5.52 Å². The van der Waals surface area contributed by atoms with Gasteiger partial charge in [0.25, 0.3) is 0 Å². The molecule has 7 rings (SSSR count). The van der Waals surface area contributed by atoms with Crippen molar-refractivity contribution in [2.45, 2.75) is 6.54 Å². The molecule has 0 amide bonds. The average molecular weight is 943 g/mol. The molecule has 0 aliphatic carbocycles. The lowest BCUT2D eigenvalue weighted by Gasteiger charge is -2.44. The van der Waals surface area contributed by atoms with Gasteiger partial charge in [-0.05, 0) is 12.1 Å². The Morgan fingerprint density at radius 1 is 0.385 bits per heavy atom. The highest BCUT2D eigenvalue weighted by Crippen LogP contribution is 2.31. The van der Waals surface area contributed by atoms with Crippen molar-refractivity contribution in [2.75, 3.05) is 0 Å². The summed E-state index contributed by atoms with van der Waals surface area (Å²) >= 11 is 0. The predicted octanol–water partition coefficient (Wildman–Crippen LogP) is 8.72. The van der Waals surface area contributed by atoms with Crippen molar-refractivity contribution in [3.05, 3.63) is 194 Å². The minimum absolute atomic E-state index is 0.338. The van der Waals surface area contributed by atoms with Crippen LogP contribution in [0.3, 0.4) is 0 Å². The van der Waals surface area contributed by atoms with Crippen LogP contribution in [0.1, 0.15) is 15.9 Å². The van der Waals surface area contributed by atoms with E-state index in [1.165, 1.54) is 5.56 Å². The topological polar surface area (TPSA) is 41.2 Å². The van der Waals surface area contributed by atoms with Crippen molar-refractivity contribution in [1.82, 2.24) is 0 Å². The molecule has 0 aliphatic rings. The summed E-state index contributed by atoms with van der Waals surface area (Å²) in [6, 6.07) is 19.2. The highest BCUT2D eigenvalue weighted by molar-refractivity contribution is 7.20. The van der Waals surface area contributed by atoms with Gasteiger partial charge in [-0.1, -0.05) is 36.4 Å². The second kappa shape index (κ2) is 17.4. The van der Waals surface area contributed by atoms with E-state index in [9.17, 15) is 62.6 Å². The zero-order valence-corrected chi connectivity index (χ0v) is 31.0.